The maximum absolute atomic E-state index is 12.2. The molecule has 0 spiro atoms. The first-order chi connectivity index (χ1) is 9.29. The fourth-order valence-electron chi connectivity index (χ4n) is 1.55. The van der Waals surface area contributed by atoms with Crippen molar-refractivity contribution in [3.8, 4) is 0 Å². The summed E-state index contributed by atoms with van der Waals surface area (Å²) in [6.45, 7) is 0. The van der Waals surface area contributed by atoms with E-state index in [-0.39, 0.29) is 22.0 Å². The van der Waals surface area contributed by atoms with Crippen LogP contribution >= 0.6 is 0 Å². The van der Waals surface area contributed by atoms with E-state index in [4.69, 9.17) is 5.73 Å². The highest BCUT2D eigenvalue weighted by Crippen LogP contribution is 2.25. The molecule has 9 nitrogen and oxygen atoms in total. The van der Waals surface area contributed by atoms with Gasteiger partial charge in [-0.05, 0) is 6.07 Å². The Balaban J connectivity index is 2.43. The minimum Gasteiger partial charge on any atom is -0.398 e. The lowest BCUT2D eigenvalue weighted by atomic mass is 10.3. The second-order valence-corrected chi connectivity index (χ2v) is 5.64. The molecule has 0 amide bonds. The van der Waals surface area contributed by atoms with Crippen LogP contribution in [0.1, 0.15) is 0 Å². The monoisotopic (exact) mass is 297 g/mol. The normalized spacial score (nSPS) is 11.2. The van der Waals surface area contributed by atoms with Gasteiger partial charge in [0, 0.05) is 25.4 Å². The summed E-state index contributed by atoms with van der Waals surface area (Å²) in [5.41, 5.74) is 5.37. The van der Waals surface area contributed by atoms with Gasteiger partial charge in [-0.25, -0.2) is 8.42 Å². The van der Waals surface area contributed by atoms with Crippen molar-refractivity contribution in [1.82, 2.24) is 9.78 Å². The van der Waals surface area contributed by atoms with E-state index < -0.39 is 14.9 Å². The van der Waals surface area contributed by atoms with Crippen molar-refractivity contribution in [3.05, 3.63) is 40.7 Å². The Labute approximate surface area is 114 Å². The summed E-state index contributed by atoms with van der Waals surface area (Å²) in [5.74, 6) is 0. The average Bonchev–Trinajstić information content (AvgIpc) is 2.73. The Bertz CT molecular complexity index is 768. The quantitative estimate of drug-likeness (QED) is 0.485. The molecule has 10 heteroatoms. The lowest BCUT2D eigenvalue weighted by molar-refractivity contribution is -0.385. The van der Waals surface area contributed by atoms with Crippen LogP contribution in [0, 0.1) is 10.1 Å². The van der Waals surface area contributed by atoms with Crippen LogP contribution < -0.4 is 10.5 Å². The van der Waals surface area contributed by atoms with Crippen LogP contribution in [0.25, 0.3) is 0 Å². The molecule has 0 saturated heterocycles. The summed E-state index contributed by atoms with van der Waals surface area (Å²) in [5, 5.41) is 14.5. The van der Waals surface area contributed by atoms with Crippen molar-refractivity contribution in [1.29, 1.82) is 0 Å². The number of sulfonamides is 1. The number of nitrogens with one attached hydrogen (secondary N) is 1. The van der Waals surface area contributed by atoms with Crippen LogP contribution in [-0.2, 0) is 17.1 Å². The van der Waals surface area contributed by atoms with Gasteiger partial charge in [0.15, 0.2) is 0 Å². The minimum atomic E-state index is -4.02. The molecule has 0 aliphatic carbocycles. The summed E-state index contributed by atoms with van der Waals surface area (Å²) in [7, 11) is -2.39. The number of aryl methyl sites for hydroxylation is 1. The molecular formula is C10H11N5O4S. The summed E-state index contributed by atoms with van der Waals surface area (Å²) in [6, 6.07) is 3.22. The molecule has 0 aliphatic rings. The lowest BCUT2D eigenvalue weighted by Crippen LogP contribution is -2.14. The summed E-state index contributed by atoms with van der Waals surface area (Å²) in [4.78, 5) is 9.65. The fourth-order valence-corrected chi connectivity index (χ4v) is 2.73. The number of nitro benzene ring substituents is 1. The van der Waals surface area contributed by atoms with E-state index >= 15 is 0 Å². The number of non-ortho nitro benzene ring substituents is 1. The number of rotatable bonds is 4. The van der Waals surface area contributed by atoms with Crippen molar-refractivity contribution in [3.63, 3.8) is 0 Å². The highest BCUT2D eigenvalue weighted by atomic mass is 32.2. The SMILES string of the molecule is Cn1cc(NS(=O)(=O)c2cc([N+](=O)[O-])ccc2N)cn1. The van der Waals surface area contributed by atoms with E-state index in [0.29, 0.717) is 0 Å². The zero-order chi connectivity index (χ0) is 14.9. The van der Waals surface area contributed by atoms with Gasteiger partial charge in [-0.2, -0.15) is 5.10 Å². The molecule has 0 saturated carbocycles. The first kappa shape index (κ1) is 13.8. The minimum absolute atomic E-state index is 0.0769. The predicted octanol–water partition coefficient (Wildman–Crippen LogP) is 0.711. The molecule has 0 atom stereocenters. The zero-order valence-electron chi connectivity index (χ0n) is 10.3. The second-order valence-electron chi connectivity index (χ2n) is 3.99. The zero-order valence-corrected chi connectivity index (χ0v) is 11.2. The van der Waals surface area contributed by atoms with Crippen LogP contribution in [0.5, 0.6) is 0 Å². The van der Waals surface area contributed by atoms with Crippen LogP contribution in [0.15, 0.2) is 35.5 Å². The van der Waals surface area contributed by atoms with E-state index in [2.05, 4.69) is 9.82 Å². The van der Waals surface area contributed by atoms with Gasteiger partial charge in [-0.3, -0.25) is 19.5 Å². The van der Waals surface area contributed by atoms with E-state index in [1.54, 1.807) is 7.05 Å². The molecule has 1 aromatic heterocycles. The number of benzene rings is 1. The summed E-state index contributed by atoms with van der Waals surface area (Å²) < 4.78 is 28.0. The largest absolute Gasteiger partial charge is 0.398 e. The topological polar surface area (TPSA) is 133 Å². The molecule has 1 aromatic carbocycles. The van der Waals surface area contributed by atoms with Gasteiger partial charge >= 0.3 is 0 Å². The molecule has 106 valence electrons. The van der Waals surface area contributed by atoms with E-state index in [9.17, 15) is 18.5 Å². The number of aromatic nitrogens is 2. The molecule has 0 unspecified atom stereocenters. The molecule has 2 rings (SSSR count). The van der Waals surface area contributed by atoms with Gasteiger partial charge in [0.05, 0.1) is 22.5 Å². The first-order valence-corrected chi connectivity index (χ1v) is 6.83. The highest BCUT2D eigenvalue weighted by Gasteiger charge is 2.21. The molecule has 0 radical (unpaired) electrons. The number of hydrogen-bond donors (Lipinski definition) is 2. The van der Waals surface area contributed by atoms with Crippen molar-refractivity contribution >= 4 is 27.1 Å². The number of anilines is 2. The third-order valence-corrected chi connectivity index (χ3v) is 3.89. The number of nitrogen functional groups attached to an aromatic ring is 1. The predicted molar refractivity (Wildman–Crippen MR) is 71.5 cm³/mol. The molecule has 0 fully saturated rings. The van der Waals surface area contributed by atoms with Crippen LogP contribution in [0.3, 0.4) is 0 Å². The van der Waals surface area contributed by atoms with E-state index in [0.717, 1.165) is 12.1 Å². The molecule has 3 N–H and O–H groups in total. The number of nitrogens with zero attached hydrogens (tertiary/aromatic N) is 3. The highest BCUT2D eigenvalue weighted by molar-refractivity contribution is 7.92. The standard InChI is InChI=1S/C10H11N5O4S/c1-14-6-7(5-12-14)13-20(18,19)10-4-8(15(16)17)2-3-9(10)11/h2-6,13H,11H2,1H3. The van der Waals surface area contributed by atoms with Crippen LogP contribution in [0.4, 0.5) is 17.1 Å². The molecular weight excluding hydrogens is 286 g/mol. The van der Waals surface area contributed by atoms with Gasteiger partial charge in [0.25, 0.3) is 15.7 Å². The maximum Gasteiger partial charge on any atom is 0.270 e. The van der Waals surface area contributed by atoms with E-state index in [1.165, 1.54) is 23.1 Å². The third kappa shape index (κ3) is 2.69. The van der Waals surface area contributed by atoms with Gasteiger partial charge in [-0.1, -0.05) is 0 Å². The fraction of sp³-hybridized carbons (Fsp3) is 0.100. The van der Waals surface area contributed by atoms with Crippen molar-refractivity contribution < 1.29 is 13.3 Å². The molecule has 2 aromatic rings. The number of nitro groups is 1. The Hall–Kier alpha value is -2.62. The van der Waals surface area contributed by atoms with Crippen molar-refractivity contribution in [2.45, 2.75) is 4.90 Å². The Morgan fingerprint density at radius 1 is 1.45 bits per heavy atom. The second kappa shape index (κ2) is 4.81. The van der Waals surface area contributed by atoms with Crippen molar-refractivity contribution in [2.75, 3.05) is 10.5 Å². The molecule has 1 heterocycles. The van der Waals surface area contributed by atoms with Gasteiger partial charge < -0.3 is 5.73 Å². The first-order valence-electron chi connectivity index (χ1n) is 5.35. The average molecular weight is 297 g/mol. The maximum atomic E-state index is 12.2. The lowest BCUT2D eigenvalue weighted by Gasteiger charge is -2.08. The van der Waals surface area contributed by atoms with Gasteiger partial charge in [0.2, 0.25) is 0 Å². The van der Waals surface area contributed by atoms with E-state index in [1.807, 2.05) is 0 Å². The Morgan fingerprint density at radius 2 is 2.15 bits per heavy atom. The molecule has 0 aliphatic heterocycles. The molecule has 20 heavy (non-hydrogen) atoms. The summed E-state index contributed by atoms with van der Waals surface area (Å²) in [6.07, 6.45) is 2.76. The van der Waals surface area contributed by atoms with Crippen molar-refractivity contribution in [2.24, 2.45) is 7.05 Å². The Morgan fingerprint density at radius 3 is 2.70 bits per heavy atom. The van der Waals surface area contributed by atoms with Crippen LogP contribution in [-0.4, -0.2) is 23.1 Å². The number of hydrogen-bond acceptors (Lipinski definition) is 6. The van der Waals surface area contributed by atoms with Crippen LogP contribution in [0.2, 0.25) is 0 Å². The molecule has 0 bridgehead atoms. The van der Waals surface area contributed by atoms with Gasteiger partial charge in [0.1, 0.15) is 4.90 Å². The smallest absolute Gasteiger partial charge is 0.270 e. The third-order valence-electron chi connectivity index (χ3n) is 2.45. The number of nitrogens with two attached hydrogens (primary N) is 1. The summed E-state index contributed by atoms with van der Waals surface area (Å²) >= 11 is 0. The Kier molecular flexibility index (Phi) is 3.32. The van der Waals surface area contributed by atoms with Gasteiger partial charge in [-0.15, -0.1) is 0 Å².